The maximum atomic E-state index is 12.2. The molecule has 0 fully saturated rings. The van der Waals surface area contributed by atoms with Gasteiger partial charge in [-0.15, -0.1) is 0 Å². The van der Waals surface area contributed by atoms with Gasteiger partial charge in [0.05, 0.1) is 10.5 Å². The van der Waals surface area contributed by atoms with Gasteiger partial charge in [0.15, 0.2) is 0 Å². The second kappa shape index (κ2) is 6.14. The van der Waals surface area contributed by atoms with Crippen LogP contribution in [-0.2, 0) is 0 Å². The molecule has 0 bridgehead atoms. The molecular formula is C13H17BrN2O3. The molecule has 1 N–H and O–H groups in total. The number of halogens is 1. The third-order valence-electron chi connectivity index (χ3n) is 2.73. The van der Waals surface area contributed by atoms with E-state index in [4.69, 9.17) is 0 Å². The van der Waals surface area contributed by atoms with E-state index in [1.807, 2.05) is 20.8 Å². The Kier molecular flexibility index (Phi) is 5.05. The highest BCUT2D eigenvalue weighted by Crippen LogP contribution is 2.23. The van der Waals surface area contributed by atoms with Gasteiger partial charge in [-0.25, -0.2) is 0 Å². The van der Waals surface area contributed by atoms with E-state index >= 15 is 0 Å². The van der Waals surface area contributed by atoms with Crippen LogP contribution in [-0.4, -0.2) is 16.4 Å². The number of carbonyl (C=O) groups is 1. The minimum Gasteiger partial charge on any atom is -0.347 e. The van der Waals surface area contributed by atoms with Crippen molar-refractivity contribution in [1.29, 1.82) is 0 Å². The van der Waals surface area contributed by atoms with E-state index in [1.54, 1.807) is 0 Å². The maximum absolute atomic E-state index is 12.2. The van der Waals surface area contributed by atoms with Gasteiger partial charge in [-0.3, -0.25) is 14.9 Å². The molecule has 1 amide bonds. The van der Waals surface area contributed by atoms with Crippen LogP contribution in [0, 0.1) is 10.1 Å². The third kappa shape index (κ3) is 4.31. The van der Waals surface area contributed by atoms with Gasteiger partial charge < -0.3 is 5.32 Å². The Balaban J connectivity index is 2.99. The third-order valence-corrected chi connectivity index (χ3v) is 3.42. The normalized spacial score (nSPS) is 11.2. The Morgan fingerprint density at radius 3 is 2.63 bits per heavy atom. The fourth-order valence-corrected chi connectivity index (χ4v) is 2.29. The molecule has 0 saturated carbocycles. The molecule has 0 aliphatic rings. The summed E-state index contributed by atoms with van der Waals surface area (Å²) in [4.78, 5) is 22.4. The monoisotopic (exact) mass is 328 g/mol. The number of hydrogen-bond acceptors (Lipinski definition) is 3. The average molecular weight is 329 g/mol. The van der Waals surface area contributed by atoms with E-state index in [0.29, 0.717) is 4.47 Å². The summed E-state index contributed by atoms with van der Waals surface area (Å²) < 4.78 is 0.544. The lowest BCUT2D eigenvalue weighted by atomic mass is 9.98. The molecule has 0 aromatic heterocycles. The molecule has 0 aliphatic heterocycles. The predicted octanol–water partition coefficient (Wildman–Crippen LogP) is 3.67. The van der Waals surface area contributed by atoms with Crippen LogP contribution < -0.4 is 5.32 Å². The van der Waals surface area contributed by atoms with Crippen LogP contribution in [0.25, 0.3) is 0 Å². The number of nitrogens with zero attached hydrogens (tertiary/aromatic N) is 1. The van der Waals surface area contributed by atoms with Gasteiger partial charge in [0, 0.05) is 22.1 Å². The Labute approximate surface area is 120 Å². The van der Waals surface area contributed by atoms with Crippen molar-refractivity contribution < 1.29 is 9.72 Å². The molecule has 1 aromatic carbocycles. The van der Waals surface area contributed by atoms with E-state index in [1.165, 1.54) is 18.2 Å². The molecule has 0 spiro atoms. The van der Waals surface area contributed by atoms with Crippen LogP contribution in [0.3, 0.4) is 0 Å². The van der Waals surface area contributed by atoms with E-state index in [-0.39, 0.29) is 22.7 Å². The van der Waals surface area contributed by atoms with Gasteiger partial charge in [-0.05, 0) is 42.3 Å². The quantitative estimate of drug-likeness (QED) is 0.662. The second-order valence-electron chi connectivity index (χ2n) is 5.01. The van der Waals surface area contributed by atoms with Gasteiger partial charge >= 0.3 is 0 Å². The minimum absolute atomic E-state index is 0.0957. The largest absolute Gasteiger partial charge is 0.347 e. The lowest BCUT2D eigenvalue weighted by Crippen LogP contribution is -2.43. The molecule has 0 saturated heterocycles. The number of nitro groups is 1. The Hall–Kier alpha value is -1.43. The highest BCUT2D eigenvalue weighted by atomic mass is 79.9. The van der Waals surface area contributed by atoms with Gasteiger partial charge in [-0.2, -0.15) is 0 Å². The standard InChI is InChI=1S/C13H17BrN2O3/c1-4-7-13(2,3)15-12(17)10-8-9(16(18)19)5-6-11(10)14/h5-6,8H,4,7H2,1-3H3,(H,15,17). The maximum Gasteiger partial charge on any atom is 0.270 e. The van der Waals surface area contributed by atoms with Crippen molar-refractivity contribution in [2.24, 2.45) is 0 Å². The van der Waals surface area contributed by atoms with E-state index < -0.39 is 4.92 Å². The summed E-state index contributed by atoms with van der Waals surface area (Å²) in [5.41, 5.74) is -0.157. The van der Waals surface area contributed by atoms with Crippen molar-refractivity contribution >= 4 is 27.5 Å². The molecule has 0 unspecified atom stereocenters. The van der Waals surface area contributed by atoms with Crippen molar-refractivity contribution in [2.45, 2.75) is 39.2 Å². The molecule has 1 aromatic rings. The highest BCUT2D eigenvalue weighted by Gasteiger charge is 2.22. The zero-order chi connectivity index (χ0) is 14.6. The highest BCUT2D eigenvalue weighted by molar-refractivity contribution is 9.10. The fraction of sp³-hybridized carbons (Fsp3) is 0.462. The number of hydrogen-bond donors (Lipinski definition) is 1. The first kappa shape index (κ1) is 15.6. The molecule has 0 heterocycles. The van der Waals surface area contributed by atoms with Gasteiger partial charge in [0.2, 0.25) is 0 Å². The van der Waals surface area contributed by atoms with E-state index in [2.05, 4.69) is 21.2 Å². The lowest BCUT2D eigenvalue weighted by molar-refractivity contribution is -0.384. The summed E-state index contributed by atoms with van der Waals surface area (Å²) >= 11 is 3.24. The summed E-state index contributed by atoms with van der Waals surface area (Å²) in [6.07, 6.45) is 1.79. The van der Waals surface area contributed by atoms with Crippen molar-refractivity contribution in [3.8, 4) is 0 Å². The molecular weight excluding hydrogens is 312 g/mol. The number of nitro benzene ring substituents is 1. The van der Waals surface area contributed by atoms with E-state index in [9.17, 15) is 14.9 Å². The minimum atomic E-state index is -0.513. The Morgan fingerprint density at radius 2 is 2.11 bits per heavy atom. The summed E-state index contributed by atoms with van der Waals surface area (Å²) in [7, 11) is 0. The van der Waals surface area contributed by atoms with Crippen LogP contribution in [0.4, 0.5) is 5.69 Å². The lowest BCUT2D eigenvalue weighted by Gasteiger charge is -2.26. The first-order valence-corrected chi connectivity index (χ1v) is 6.82. The van der Waals surface area contributed by atoms with E-state index in [0.717, 1.165) is 12.8 Å². The zero-order valence-electron chi connectivity index (χ0n) is 11.2. The number of carbonyl (C=O) groups excluding carboxylic acids is 1. The fourth-order valence-electron chi connectivity index (χ4n) is 1.86. The van der Waals surface area contributed by atoms with Gasteiger partial charge in [0.1, 0.15) is 0 Å². The Bertz CT molecular complexity index is 501. The summed E-state index contributed by atoms with van der Waals surface area (Å²) in [6, 6.07) is 4.15. The summed E-state index contributed by atoms with van der Waals surface area (Å²) in [5, 5.41) is 13.6. The van der Waals surface area contributed by atoms with Crippen molar-refractivity contribution in [3.63, 3.8) is 0 Å². The molecule has 0 radical (unpaired) electrons. The topological polar surface area (TPSA) is 72.2 Å². The molecule has 6 heteroatoms. The van der Waals surface area contributed by atoms with Crippen molar-refractivity contribution in [1.82, 2.24) is 5.32 Å². The van der Waals surface area contributed by atoms with Crippen molar-refractivity contribution in [2.75, 3.05) is 0 Å². The summed E-state index contributed by atoms with van der Waals surface area (Å²) in [5.74, 6) is -0.311. The number of amides is 1. The van der Waals surface area contributed by atoms with Crippen molar-refractivity contribution in [3.05, 3.63) is 38.3 Å². The smallest absolute Gasteiger partial charge is 0.270 e. The predicted molar refractivity (Wildman–Crippen MR) is 77.2 cm³/mol. The zero-order valence-corrected chi connectivity index (χ0v) is 12.8. The first-order chi connectivity index (χ1) is 8.76. The molecule has 104 valence electrons. The molecule has 1 rings (SSSR count). The first-order valence-electron chi connectivity index (χ1n) is 6.03. The number of non-ortho nitro benzene ring substituents is 1. The van der Waals surface area contributed by atoms with Crippen LogP contribution in [0.1, 0.15) is 44.0 Å². The van der Waals surface area contributed by atoms with Gasteiger partial charge in [-0.1, -0.05) is 13.3 Å². The molecule has 0 aliphatic carbocycles. The van der Waals surface area contributed by atoms with Crippen LogP contribution >= 0.6 is 15.9 Å². The molecule has 5 nitrogen and oxygen atoms in total. The molecule has 19 heavy (non-hydrogen) atoms. The molecule has 0 atom stereocenters. The van der Waals surface area contributed by atoms with Crippen LogP contribution in [0.15, 0.2) is 22.7 Å². The van der Waals surface area contributed by atoms with Gasteiger partial charge in [0.25, 0.3) is 11.6 Å². The number of benzene rings is 1. The second-order valence-corrected chi connectivity index (χ2v) is 5.86. The summed E-state index contributed by atoms with van der Waals surface area (Å²) in [6.45, 7) is 5.90. The van der Waals surface area contributed by atoms with Crippen LogP contribution in [0.2, 0.25) is 0 Å². The average Bonchev–Trinajstić information content (AvgIpc) is 2.28. The number of rotatable bonds is 5. The van der Waals surface area contributed by atoms with Crippen LogP contribution in [0.5, 0.6) is 0 Å². The Morgan fingerprint density at radius 1 is 1.47 bits per heavy atom. The number of nitrogens with one attached hydrogen (secondary N) is 1. The SMILES string of the molecule is CCCC(C)(C)NC(=O)c1cc([N+](=O)[O-])ccc1Br.